The van der Waals surface area contributed by atoms with Crippen LogP contribution in [0.15, 0.2) is 36.9 Å². The molecule has 12 heavy (non-hydrogen) atoms. The van der Waals surface area contributed by atoms with Crippen molar-refractivity contribution in [3.8, 4) is 17.9 Å². The fourth-order valence-corrected chi connectivity index (χ4v) is 0.762. The summed E-state index contributed by atoms with van der Waals surface area (Å²) in [7, 11) is 0. The molecule has 0 aliphatic rings. The lowest BCUT2D eigenvalue weighted by atomic mass is 10.1. The Kier molecular flexibility index (Phi) is 2.71. The van der Waals surface area contributed by atoms with Gasteiger partial charge in [0.2, 0.25) is 0 Å². The fourth-order valence-electron chi connectivity index (χ4n) is 0.762. The summed E-state index contributed by atoms with van der Waals surface area (Å²) in [5, 5.41) is 8.50. The third-order valence-electron chi connectivity index (χ3n) is 1.33. The van der Waals surface area contributed by atoms with Gasteiger partial charge in [0.1, 0.15) is 0 Å². The third kappa shape index (κ3) is 2.01. The minimum absolute atomic E-state index is 0.652. The van der Waals surface area contributed by atoms with Crippen LogP contribution in [-0.4, -0.2) is 0 Å². The van der Waals surface area contributed by atoms with E-state index in [1.165, 1.54) is 6.08 Å². The summed E-state index contributed by atoms with van der Waals surface area (Å²) < 4.78 is 0. The second-order valence-electron chi connectivity index (χ2n) is 2.16. The van der Waals surface area contributed by atoms with Crippen LogP contribution in [0.5, 0.6) is 0 Å². The molecule has 0 unspecified atom stereocenters. The Bertz CT molecular complexity index is 368. The molecule has 1 rings (SSSR count). The number of benzene rings is 1. The van der Waals surface area contributed by atoms with Crippen molar-refractivity contribution in [2.45, 2.75) is 0 Å². The fraction of sp³-hybridized carbons (Fsp3) is 0. The van der Waals surface area contributed by atoms with Gasteiger partial charge in [-0.3, -0.25) is 0 Å². The van der Waals surface area contributed by atoms with E-state index in [0.29, 0.717) is 5.56 Å². The first kappa shape index (κ1) is 8.11. The smallest absolute Gasteiger partial charge is 0.0991 e. The molecule has 0 radical (unpaired) electrons. The van der Waals surface area contributed by atoms with Gasteiger partial charge in [-0.15, -0.1) is 0 Å². The zero-order chi connectivity index (χ0) is 8.81. The van der Waals surface area contributed by atoms with Gasteiger partial charge in [0.05, 0.1) is 11.6 Å². The molecule has 0 aliphatic heterocycles. The maximum atomic E-state index is 8.50. The topological polar surface area (TPSA) is 23.8 Å². The van der Waals surface area contributed by atoms with Crippen LogP contribution in [0.2, 0.25) is 0 Å². The zero-order valence-corrected chi connectivity index (χ0v) is 6.54. The Labute approximate surface area is 72.0 Å². The number of hydrogen-bond acceptors (Lipinski definition) is 1. The van der Waals surface area contributed by atoms with Crippen molar-refractivity contribution in [1.29, 1.82) is 5.26 Å². The molecule has 0 spiro atoms. The molecule has 0 atom stereocenters. The van der Waals surface area contributed by atoms with Gasteiger partial charge in [0, 0.05) is 5.56 Å². The molecular formula is C11H7N. The second kappa shape index (κ2) is 4.01. The summed E-state index contributed by atoms with van der Waals surface area (Å²) in [6, 6.07) is 9.16. The first-order valence-electron chi connectivity index (χ1n) is 3.49. The number of nitrogens with zero attached hydrogens (tertiary/aromatic N) is 1. The summed E-state index contributed by atoms with van der Waals surface area (Å²) in [5.74, 6) is 5.60. The lowest BCUT2D eigenvalue weighted by molar-refractivity contribution is 1.48. The number of allylic oxidation sites excluding steroid dienone is 1. The highest BCUT2D eigenvalue weighted by molar-refractivity contribution is 5.40. The summed E-state index contributed by atoms with van der Waals surface area (Å²) in [6.07, 6.45) is 1.54. The van der Waals surface area contributed by atoms with Gasteiger partial charge in [-0.25, -0.2) is 0 Å². The van der Waals surface area contributed by atoms with Crippen molar-refractivity contribution in [3.05, 3.63) is 48.0 Å². The quantitative estimate of drug-likeness (QED) is 0.523. The van der Waals surface area contributed by atoms with Crippen molar-refractivity contribution in [1.82, 2.24) is 0 Å². The van der Waals surface area contributed by atoms with Crippen molar-refractivity contribution in [3.63, 3.8) is 0 Å². The standard InChI is InChI=1S/C11H7N/c1-2-3-4-10-5-7-11(9-12)8-6-10/h2,5-8H,1H2. The molecule has 1 aromatic rings. The molecular weight excluding hydrogens is 146 g/mol. The van der Waals surface area contributed by atoms with Crippen molar-refractivity contribution in [2.24, 2.45) is 0 Å². The van der Waals surface area contributed by atoms with Gasteiger partial charge in [-0.05, 0) is 30.3 Å². The molecule has 0 aliphatic carbocycles. The van der Waals surface area contributed by atoms with Crippen LogP contribution in [0.25, 0.3) is 0 Å². The maximum Gasteiger partial charge on any atom is 0.0991 e. The molecule has 0 amide bonds. The van der Waals surface area contributed by atoms with Crippen LogP contribution in [0.3, 0.4) is 0 Å². The average molecular weight is 153 g/mol. The van der Waals surface area contributed by atoms with Gasteiger partial charge in [-0.1, -0.05) is 18.4 Å². The molecule has 0 saturated carbocycles. The van der Waals surface area contributed by atoms with Crippen LogP contribution >= 0.6 is 0 Å². The van der Waals surface area contributed by atoms with Crippen molar-refractivity contribution in [2.75, 3.05) is 0 Å². The van der Waals surface area contributed by atoms with E-state index in [0.717, 1.165) is 5.56 Å². The number of nitriles is 1. The Morgan fingerprint density at radius 1 is 1.17 bits per heavy atom. The molecule has 1 aromatic carbocycles. The average Bonchev–Trinajstić information content (AvgIpc) is 2.15. The predicted octanol–water partition coefficient (Wildman–Crippen LogP) is 2.10. The lowest BCUT2D eigenvalue weighted by Crippen LogP contribution is -1.75. The van der Waals surface area contributed by atoms with Gasteiger partial charge >= 0.3 is 0 Å². The molecule has 0 fully saturated rings. The van der Waals surface area contributed by atoms with E-state index in [4.69, 9.17) is 5.26 Å². The number of rotatable bonds is 0. The van der Waals surface area contributed by atoms with Gasteiger partial charge in [-0.2, -0.15) is 5.26 Å². The van der Waals surface area contributed by atoms with Gasteiger partial charge in [0.25, 0.3) is 0 Å². The van der Waals surface area contributed by atoms with Crippen LogP contribution in [-0.2, 0) is 0 Å². The van der Waals surface area contributed by atoms with Crippen LogP contribution in [0.4, 0.5) is 0 Å². The van der Waals surface area contributed by atoms with Crippen molar-refractivity contribution < 1.29 is 0 Å². The predicted molar refractivity (Wildman–Crippen MR) is 48.2 cm³/mol. The first-order chi connectivity index (χ1) is 5.86. The van der Waals surface area contributed by atoms with Crippen LogP contribution in [0.1, 0.15) is 11.1 Å². The maximum absolute atomic E-state index is 8.50. The van der Waals surface area contributed by atoms with E-state index in [9.17, 15) is 0 Å². The first-order valence-corrected chi connectivity index (χ1v) is 3.49. The molecule has 0 N–H and O–H groups in total. The highest BCUT2D eigenvalue weighted by atomic mass is 14.2. The largest absolute Gasteiger partial charge is 0.192 e. The Morgan fingerprint density at radius 2 is 1.75 bits per heavy atom. The zero-order valence-electron chi connectivity index (χ0n) is 6.54. The van der Waals surface area contributed by atoms with Crippen molar-refractivity contribution >= 4 is 0 Å². The third-order valence-corrected chi connectivity index (χ3v) is 1.33. The van der Waals surface area contributed by atoms with E-state index in [-0.39, 0.29) is 0 Å². The SMILES string of the molecule is C=CC#Cc1ccc(C#N)cc1. The molecule has 0 heterocycles. The lowest BCUT2D eigenvalue weighted by Gasteiger charge is -1.88. The van der Waals surface area contributed by atoms with Crippen LogP contribution < -0.4 is 0 Å². The minimum atomic E-state index is 0.652. The highest BCUT2D eigenvalue weighted by Gasteiger charge is 1.87. The Balaban J connectivity index is 2.94. The monoisotopic (exact) mass is 153 g/mol. The summed E-state index contributed by atoms with van der Waals surface area (Å²) in [6.45, 7) is 3.48. The van der Waals surface area contributed by atoms with E-state index in [1.54, 1.807) is 12.1 Å². The molecule has 0 saturated heterocycles. The van der Waals surface area contributed by atoms with Gasteiger partial charge in [0.15, 0.2) is 0 Å². The normalized spacial score (nSPS) is 7.58. The summed E-state index contributed by atoms with van der Waals surface area (Å²) in [4.78, 5) is 0. The summed E-state index contributed by atoms with van der Waals surface area (Å²) >= 11 is 0. The Hall–Kier alpha value is -1.99. The van der Waals surface area contributed by atoms with E-state index >= 15 is 0 Å². The van der Waals surface area contributed by atoms with E-state index in [2.05, 4.69) is 18.4 Å². The molecule has 1 nitrogen and oxygen atoms in total. The Morgan fingerprint density at radius 3 is 2.25 bits per heavy atom. The molecule has 1 heteroatoms. The minimum Gasteiger partial charge on any atom is -0.192 e. The van der Waals surface area contributed by atoms with Crippen LogP contribution in [0, 0.1) is 23.2 Å². The summed E-state index contributed by atoms with van der Waals surface area (Å²) in [5.41, 5.74) is 1.55. The van der Waals surface area contributed by atoms with E-state index < -0.39 is 0 Å². The van der Waals surface area contributed by atoms with Gasteiger partial charge < -0.3 is 0 Å². The molecule has 0 aromatic heterocycles. The highest BCUT2D eigenvalue weighted by Crippen LogP contribution is 2.00. The molecule has 56 valence electrons. The number of hydrogen-bond donors (Lipinski definition) is 0. The second-order valence-corrected chi connectivity index (χ2v) is 2.16. The molecule has 0 bridgehead atoms. The van der Waals surface area contributed by atoms with E-state index in [1.807, 2.05) is 18.2 Å².